The molecule has 0 saturated carbocycles. The fourth-order valence-corrected chi connectivity index (χ4v) is 4.39. The highest BCUT2D eigenvalue weighted by Gasteiger charge is 2.41. The first kappa shape index (κ1) is 23.8. The fraction of sp³-hybridized carbons (Fsp3) is 0.375. The Labute approximate surface area is 192 Å². The van der Waals surface area contributed by atoms with E-state index in [0.717, 1.165) is 12.8 Å². The van der Waals surface area contributed by atoms with Gasteiger partial charge in [-0.3, -0.25) is 19.6 Å². The normalized spacial score (nSPS) is 17.8. The topological polar surface area (TPSA) is 98.7 Å². The number of hydrogen-bond donors (Lipinski definition) is 3. The van der Waals surface area contributed by atoms with Crippen molar-refractivity contribution in [2.24, 2.45) is 5.92 Å². The first-order valence-corrected chi connectivity index (χ1v) is 11.2. The molecule has 3 rings (SSSR count). The fourth-order valence-electron chi connectivity index (χ4n) is 4.27. The van der Waals surface area contributed by atoms with Gasteiger partial charge < -0.3 is 10.2 Å². The summed E-state index contributed by atoms with van der Waals surface area (Å²) in [4.78, 5) is 40.9. The first-order chi connectivity index (χ1) is 15.5. The number of benzene rings is 2. The van der Waals surface area contributed by atoms with E-state index in [1.165, 1.54) is 0 Å². The van der Waals surface area contributed by atoms with Crippen LogP contribution >= 0.6 is 11.6 Å². The van der Waals surface area contributed by atoms with Gasteiger partial charge in [0.05, 0.1) is 11.8 Å². The van der Waals surface area contributed by atoms with Crippen molar-refractivity contribution in [1.29, 1.82) is 0 Å². The Morgan fingerprint density at radius 3 is 2.41 bits per heavy atom. The van der Waals surface area contributed by atoms with Gasteiger partial charge >= 0.3 is 0 Å². The number of piperidine rings is 1. The quantitative estimate of drug-likeness (QED) is 0.432. The molecule has 32 heavy (non-hydrogen) atoms. The molecule has 2 aromatic rings. The molecule has 1 heterocycles. The van der Waals surface area contributed by atoms with Gasteiger partial charge in [-0.1, -0.05) is 48.9 Å². The number of anilines is 1. The Balaban J connectivity index is 1.92. The minimum Gasteiger partial charge on any atom is -0.330 e. The number of para-hydroxylation sites is 1. The number of carbonyl (C=O) groups excluding carboxylic acids is 3. The summed E-state index contributed by atoms with van der Waals surface area (Å²) in [5, 5.41) is 12.7. The van der Waals surface area contributed by atoms with Gasteiger partial charge in [0, 0.05) is 17.3 Å². The van der Waals surface area contributed by atoms with Crippen molar-refractivity contribution < 1.29 is 19.6 Å². The number of carbonyl (C=O) groups is 3. The van der Waals surface area contributed by atoms with Crippen LogP contribution in [-0.4, -0.2) is 40.4 Å². The second kappa shape index (κ2) is 11.1. The number of amides is 3. The van der Waals surface area contributed by atoms with Gasteiger partial charge in [0.1, 0.15) is 6.04 Å². The van der Waals surface area contributed by atoms with Crippen molar-refractivity contribution in [3.63, 3.8) is 0 Å². The van der Waals surface area contributed by atoms with Crippen molar-refractivity contribution in [3.8, 4) is 0 Å². The second-order valence-electron chi connectivity index (χ2n) is 7.92. The van der Waals surface area contributed by atoms with E-state index in [0.29, 0.717) is 35.7 Å². The van der Waals surface area contributed by atoms with Crippen LogP contribution in [0.25, 0.3) is 0 Å². The van der Waals surface area contributed by atoms with E-state index in [1.807, 2.05) is 18.2 Å². The Kier molecular flexibility index (Phi) is 8.25. The number of halogens is 1. The molecule has 2 unspecified atom stereocenters. The van der Waals surface area contributed by atoms with Crippen molar-refractivity contribution in [1.82, 2.24) is 10.4 Å². The van der Waals surface area contributed by atoms with Crippen molar-refractivity contribution in [2.45, 2.75) is 44.6 Å². The molecule has 1 aliphatic heterocycles. The SMILES string of the molecule is CCC(C(=O)NO)C(C(=O)N1CCCC[C@H]1C(=O)Nc1ccccc1)c1ccc(Cl)cc1. The Bertz CT molecular complexity index is 936. The zero-order valence-electron chi connectivity index (χ0n) is 18.0. The predicted octanol–water partition coefficient (Wildman–Crippen LogP) is 3.98. The molecule has 0 bridgehead atoms. The molecule has 0 aromatic heterocycles. The Hall–Kier alpha value is -2.90. The lowest BCUT2D eigenvalue weighted by Gasteiger charge is -2.38. The molecule has 1 fully saturated rings. The summed E-state index contributed by atoms with van der Waals surface area (Å²) in [7, 11) is 0. The van der Waals surface area contributed by atoms with Crippen LogP contribution in [0.2, 0.25) is 5.02 Å². The van der Waals surface area contributed by atoms with E-state index in [9.17, 15) is 19.6 Å². The molecule has 1 saturated heterocycles. The van der Waals surface area contributed by atoms with Crippen molar-refractivity contribution in [3.05, 3.63) is 65.2 Å². The van der Waals surface area contributed by atoms with Gasteiger partial charge in [0.25, 0.3) is 0 Å². The molecule has 0 spiro atoms. The summed E-state index contributed by atoms with van der Waals surface area (Å²) in [6, 6.07) is 15.2. The number of nitrogens with zero attached hydrogens (tertiary/aromatic N) is 1. The van der Waals surface area contributed by atoms with Gasteiger partial charge in [0.15, 0.2) is 0 Å². The minimum absolute atomic E-state index is 0.251. The van der Waals surface area contributed by atoms with Gasteiger partial charge in [-0.25, -0.2) is 5.48 Å². The summed E-state index contributed by atoms with van der Waals surface area (Å²) in [6.07, 6.45) is 2.48. The van der Waals surface area contributed by atoms with E-state index >= 15 is 0 Å². The van der Waals surface area contributed by atoms with E-state index in [4.69, 9.17) is 11.6 Å². The molecule has 3 N–H and O–H groups in total. The van der Waals surface area contributed by atoms with Gasteiger partial charge in [-0.05, 0) is 55.5 Å². The number of nitrogens with one attached hydrogen (secondary N) is 2. The summed E-state index contributed by atoms with van der Waals surface area (Å²) in [5.74, 6) is -2.85. The van der Waals surface area contributed by atoms with Crippen molar-refractivity contribution in [2.75, 3.05) is 11.9 Å². The zero-order chi connectivity index (χ0) is 23.1. The first-order valence-electron chi connectivity index (χ1n) is 10.8. The molecule has 1 aliphatic rings. The number of likely N-dealkylation sites (tertiary alicyclic amines) is 1. The third kappa shape index (κ3) is 5.47. The van der Waals surface area contributed by atoms with E-state index in [2.05, 4.69) is 5.32 Å². The highest BCUT2D eigenvalue weighted by molar-refractivity contribution is 6.30. The lowest BCUT2D eigenvalue weighted by atomic mass is 9.81. The van der Waals surface area contributed by atoms with Crippen LogP contribution < -0.4 is 10.8 Å². The average molecular weight is 458 g/mol. The maximum Gasteiger partial charge on any atom is 0.247 e. The van der Waals surface area contributed by atoms with Crippen LogP contribution in [0.1, 0.15) is 44.1 Å². The number of rotatable bonds is 7. The number of hydrogen-bond acceptors (Lipinski definition) is 4. The lowest BCUT2D eigenvalue weighted by Crippen LogP contribution is -2.53. The molecule has 2 aromatic carbocycles. The molecule has 0 aliphatic carbocycles. The monoisotopic (exact) mass is 457 g/mol. The highest BCUT2D eigenvalue weighted by Crippen LogP contribution is 2.33. The van der Waals surface area contributed by atoms with Crippen LogP contribution in [0.3, 0.4) is 0 Å². The Morgan fingerprint density at radius 2 is 1.78 bits per heavy atom. The van der Waals surface area contributed by atoms with E-state index in [-0.39, 0.29) is 11.8 Å². The molecule has 0 radical (unpaired) electrons. The smallest absolute Gasteiger partial charge is 0.247 e. The highest BCUT2D eigenvalue weighted by atomic mass is 35.5. The Morgan fingerprint density at radius 1 is 1.09 bits per heavy atom. The summed E-state index contributed by atoms with van der Waals surface area (Å²) < 4.78 is 0. The lowest BCUT2D eigenvalue weighted by molar-refractivity contribution is -0.146. The van der Waals surface area contributed by atoms with Gasteiger partial charge in [0.2, 0.25) is 17.7 Å². The third-order valence-corrected chi connectivity index (χ3v) is 6.17. The summed E-state index contributed by atoms with van der Waals surface area (Å²) >= 11 is 6.02. The molecular formula is C24H28ClN3O4. The second-order valence-corrected chi connectivity index (χ2v) is 8.35. The van der Waals surface area contributed by atoms with Crippen LogP contribution in [0.4, 0.5) is 5.69 Å². The average Bonchev–Trinajstić information content (AvgIpc) is 2.83. The molecule has 3 atom stereocenters. The predicted molar refractivity (Wildman–Crippen MR) is 122 cm³/mol. The van der Waals surface area contributed by atoms with Crippen LogP contribution in [-0.2, 0) is 14.4 Å². The molecule has 7 nitrogen and oxygen atoms in total. The van der Waals surface area contributed by atoms with Crippen LogP contribution in [0, 0.1) is 5.92 Å². The standard InChI is InChI=1S/C24H28ClN3O4/c1-2-19(22(29)27-32)21(16-11-13-17(25)14-12-16)24(31)28-15-7-6-10-20(28)23(30)26-18-8-4-3-5-9-18/h3-5,8-9,11-14,19-21,32H,2,6-7,10,15H2,1H3,(H,26,30)(H,27,29)/t19?,20-,21?/m0/s1. The number of hydroxylamine groups is 1. The molecule has 3 amide bonds. The van der Waals surface area contributed by atoms with Crippen LogP contribution in [0.15, 0.2) is 54.6 Å². The third-order valence-electron chi connectivity index (χ3n) is 5.91. The zero-order valence-corrected chi connectivity index (χ0v) is 18.7. The van der Waals surface area contributed by atoms with E-state index in [1.54, 1.807) is 53.7 Å². The minimum atomic E-state index is -0.852. The largest absolute Gasteiger partial charge is 0.330 e. The maximum absolute atomic E-state index is 13.8. The maximum atomic E-state index is 13.8. The van der Waals surface area contributed by atoms with Crippen molar-refractivity contribution >= 4 is 35.0 Å². The molecule has 170 valence electrons. The van der Waals surface area contributed by atoms with Gasteiger partial charge in [-0.15, -0.1) is 0 Å². The summed E-state index contributed by atoms with van der Waals surface area (Å²) in [6.45, 7) is 2.21. The van der Waals surface area contributed by atoms with Gasteiger partial charge in [-0.2, -0.15) is 0 Å². The molecule has 8 heteroatoms. The molecular weight excluding hydrogens is 430 g/mol. The summed E-state index contributed by atoms with van der Waals surface area (Å²) in [5.41, 5.74) is 2.96. The van der Waals surface area contributed by atoms with Crippen LogP contribution in [0.5, 0.6) is 0 Å². The van der Waals surface area contributed by atoms with E-state index < -0.39 is 23.8 Å².